The average molecular weight is 749 g/mol. The van der Waals surface area contributed by atoms with Gasteiger partial charge in [0.15, 0.2) is 0 Å². The van der Waals surface area contributed by atoms with Gasteiger partial charge in [-0.15, -0.1) is 0 Å². The molecule has 2 unspecified atom stereocenters. The minimum atomic E-state index is -4.38. The first kappa shape index (κ1) is 37.5. The first-order valence-corrected chi connectivity index (χ1v) is 20.3. The summed E-state index contributed by atoms with van der Waals surface area (Å²) >= 11 is -2.79. The normalized spacial score (nSPS) is 18.4. The molecule has 1 heterocycles. The fourth-order valence-corrected chi connectivity index (χ4v) is 18.9. The van der Waals surface area contributed by atoms with Gasteiger partial charge < -0.3 is 24.8 Å². The second-order valence-corrected chi connectivity index (χ2v) is 21.2. The molecule has 1 aliphatic heterocycles. The van der Waals surface area contributed by atoms with Crippen molar-refractivity contribution >= 4 is 12.2 Å². The number of fused-ring (bicyclic) bond motifs is 2. The maximum Gasteiger partial charge on any atom is -1.00 e. The third-order valence-corrected chi connectivity index (χ3v) is 18.7. The molecule has 0 N–H and O–H groups in total. The molecule has 3 aliphatic rings. The molecule has 0 nitrogen and oxygen atoms in total. The van der Waals surface area contributed by atoms with Crippen LogP contribution in [0.2, 0.25) is 9.45 Å². The van der Waals surface area contributed by atoms with Crippen molar-refractivity contribution in [3.63, 3.8) is 0 Å². The third kappa shape index (κ3) is 6.48. The standard InChI is InChI=1S/2C19H16F3.C2H4.2ClH.Ti/c2*1-12(2)15-10-14-4-3-5-17(18(14)11-15)13-6-8-16(9-7-13)19(20,21)22;1-2;;;/h2*3-12H,1-2H3;1-2H2;2*1H;/q;;;;;+2/p-2. The molecular formula is C40H36Cl2F6Ti. The number of alkyl halides is 6. The fourth-order valence-electron chi connectivity index (χ4n) is 8.20. The van der Waals surface area contributed by atoms with E-state index in [2.05, 4.69) is 64.1 Å². The van der Waals surface area contributed by atoms with Gasteiger partial charge in [0, 0.05) is 0 Å². The molecule has 49 heavy (non-hydrogen) atoms. The first-order chi connectivity index (χ1) is 22.2. The summed E-state index contributed by atoms with van der Waals surface area (Å²) in [7, 11) is 0. The van der Waals surface area contributed by atoms with Gasteiger partial charge in [0.1, 0.15) is 0 Å². The molecule has 7 rings (SSSR count). The number of hydrogen-bond donors (Lipinski definition) is 0. The smallest absolute Gasteiger partial charge is 1.00 e. The zero-order valence-electron chi connectivity index (χ0n) is 27.5. The van der Waals surface area contributed by atoms with E-state index < -0.39 is 40.1 Å². The van der Waals surface area contributed by atoms with Crippen LogP contribution in [-0.4, -0.2) is 0 Å². The molecule has 0 saturated carbocycles. The SMILES string of the molecule is CC(C)C1=Cc2c(-c3ccc(C(F)(F)F)cc3)cccc2[CH]1[Ti+2]1([CH]2C(C(C)C)=Cc3c(-c4ccc(C(F)(F)F)cc4)cccc32)[CH2][CH2]1.[Cl-].[Cl-]. The maximum absolute atomic E-state index is 13.3. The molecular weight excluding hydrogens is 713 g/mol. The molecule has 0 radical (unpaired) electrons. The Labute approximate surface area is 299 Å². The molecule has 1 saturated heterocycles. The van der Waals surface area contributed by atoms with Crippen LogP contribution < -0.4 is 24.8 Å². The fraction of sp³-hybridized carbons (Fsp3) is 0.300. The zero-order valence-corrected chi connectivity index (χ0v) is 30.6. The molecule has 0 spiro atoms. The van der Waals surface area contributed by atoms with Crippen molar-refractivity contribution in [3.05, 3.63) is 129 Å². The van der Waals surface area contributed by atoms with Gasteiger partial charge in [-0.05, 0) is 0 Å². The molecule has 4 aromatic rings. The van der Waals surface area contributed by atoms with Crippen LogP contribution in [-0.2, 0) is 28.9 Å². The maximum atomic E-state index is 13.3. The second kappa shape index (κ2) is 13.4. The Balaban J connectivity index is 0.00000234. The van der Waals surface area contributed by atoms with Crippen molar-refractivity contribution < 1.29 is 67.7 Å². The second-order valence-electron chi connectivity index (χ2n) is 14.0. The van der Waals surface area contributed by atoms with Crippen molar-refractivity contribution in [1.29, 1.82) is 0 Å². The number of halogens is 8. The topological polar surface area (TPSA) is 0 Å². The van der Waals surface area contributed by atoms with Gasteiger partial charge in [0.25, 0.3) is 0 Å². The average Bonchev–Trinajstić information content (AvgIpc) is 3.53. The van der Waals surface area contributed by atoms with Crippen molar-refractivity contribution in [1.82, 2.24) is 0 Å². The number of rotatable bonds is 6. The van der Waals surface area contributed by atoms with E-state index in [-0.39, 0.29) is 24.8 Å². The van der Waals surface area contributed by atoms with Crippen LogP contribution in [0.5, 0.6) is 0 Å². The summed E-state index contributed by atoms with van der Waals surface area (Å²) in [6, 6.07) is 23.6. The van der Waals surface area contributed by atoms with Gasteiger partial charge in [0.2, 0.25) is 0 Å². The molecule has 2 atom stereocenters. The van der Waals surface area contributed by atoms with E-state index in [0.29, 0.717) is 20.3 Å². The van der Waals surface area contributed by atoms with E-state index in [0.717, 1.165) is 57.6 Å². The summed E-state index contributed by atoms with van der Waals surface area (Å²) in [6.45, 7) is 8.97. The quantitative estimate of drug-likeness (QED) is 0.148. The Kier molecular flexibility index (Phi) is 10.3. The predicted octanol–water partition coefficient (Wildman–Crippen LogP) is 6.96. The predicted molar refractivity (Wildman–Crippen MR) is 174 cm³/mol. The molecule has 2 aliphatic carbocycles. The van der Waals surface area contributed by atoms with Crippen molar-refractivity contribution in [2.75, 3.05) is 0 Å². The van der Waals surface area contributed by atoms with Crippen LogP contribution in [0.25, 0.3) is 34.4 Å². The summed E-state index contributed by atoms with van der Waals surface area (Å²) in [6.07, 6.45) is -4.11. The van der Waals surface area contributed by atoms with Crippen LogP contribution in [0.1, 0.15) is 69.5 Å². The van der Waals surface area contributed by atoms with E-state index in [9.17, 15) is 26.3 Å². The first-order valence-electron chi connectivity index (χ1n) is 16.2. The zero-order chi connectivity index (χ0) is 33.5. The molecule has 0 amide bonds. The molecule has 0 aromatic heterocycles. The number of benzene rings is 4. The van der Waals surface area contributed by atoms with Crippen molar-refractivity contribution in [3.8, 4) is 22.3 Å². The molecule has 4 aromatic carbocycles. The van der Waals surface area contributed by atoms with Gasteiger partial charge in [-0.25, -0.2) is 0 Å². The van der Waals surface area contributed by atoms with Gasteiger partial charge >= 0.3 is 277 Å². The monoisotopic (exact) mass is 748 g/mol. The Hall–Kier alpha value is -2.77. The molecule has 9 heteroatoms. The summed E-state index contributed by atoms with van der Waals surface area (Å²) in [4.78, 5) is 0. The molecule has 1 fully saturated rings. The van der Waals surface area contributed by atoms with Crippen LogP contribution >= 0.6 is 0 Å². The van der Waals surface area contributed by atoms with Crippen LogP contribution in [0.3, 0.4) is 0 Å². The summed E-state index contributed by atoms with van der Waals surface area (Å²) in [5.41, 5.74) is 9.90. The van der Waals surface area contributed by atoms with Crippen LogP contribution in [0, 0.1) is 11.8 Å². The molecule has 0 bridgehead atoms. The van der Waals surface area contributed by atoms with Gasteiger partial charge in [-0.3, -0.25) is 0 Å². The van der Waals surface area contributed by atoms with E-state index in [1.807, 2.05) is 12.1 Å². The van der Waals surface area contributed by atoms with Gasteiger partial charge in [0.05, 0.1) is 0 Å². The van der Waals surface area contributed by atoms with E-state index >= 15 is 0 Å². The molecule has 256 valence electrons. The van der Waals surface area contributed by atoms with E-state index in [1.54, 1.807) is 24.3 Å². The van der Waals surface area contributed by atoms with Crippen LogP contribution in [0.15, 0.2) is 96.1 Å². The van der Waals surface area contributed by atoms with Crippen molar-refractivity contribution in [2.45, 2.75) is 57.9 Å². The van der Waals surface area contributed by atoms with Gasteiger partial charge in [-0.2, -0.15) is 0 Å². The Bertz CT molecular complexity index is 1780. The van der Waals surface area contributed by atoms with E-state index in [1.165, 1.54) is 31.7 Å². The summed E-state index contributed by atoms with van der Waals surface area (Å²) < 4.78 is 83.2. The summed E-state index contributed by atoms with van der Waals surface area (Å²) in [5.74, 6) is 0.614. The summed E-state index contributed by atoms with van der Waals surface area (Å²) in [5, 5.41) is 0. The number of hydrogen-bond acceptors (Lipinski definition) is 0. The third-order valence-electron chi connectivity index (χ3n) is 10.5. The Morgan fingerprint density at radius 1 is 0.531 bits per heavy atom. The Morgan fingerprint density at radius 2 is 0.878 bits per heavy atom. The minimum Gasteiger partial charge on any atom is -1.00 e. The van der Waals surface area contributed by atoms with Crippen LogP contribution in [0.4, 0.5) is 26.3 Å². The van der Waals surface area contributed by atoms with Crippen molar-refractivity contribution in [2.24, 2.45) is 11.8 Å². The largest absolute Gasteiger partial charge is 1.00 e. The minimum absolute atomic E-state index is 0. The Morgan fingerprint density at radius 3 is 1.16 bits per heavy atom. The van der Waals surface area contributed by atoms with E-state index in [4.69, 9.17) is 0 Å². The van der Waals surface area contributed by atoms with Gasteiger partial charge in [-0.1, -0.05) is 0 Å². The number of allylic oxidation sites excluding steroid dienone is 2.